The number of fused-ring (bicyclic) bond motifs is 1. The maximum absolute atomic E-state index is 12.4. The molecule has 0 radical (unpaired) electrons. The van der Waals surface area contributed by atoms with Crippen LogP contribution in [0.1, 0.15) is 23.4 Å². The van der Waals surface area contributed by atoms with Crippen molar-refractivity contribution in [1.82, 2.24) is 15.1 Å². The maximum atomic E-state index is 12.4. The quantitative estimate of drug-likeness (QED) is 0.690. The van der Waals surface area contributed by atoms with Gasteiger partial charge in [0.05, 0.1) is 12.6 Å². The van der Waals surface area contributed by atoms with Crippen molar-refractivity contribution in [3.05, 3.63) is 70.4 Å². The SMILES string of the molecule is CC(NC(=O)CN1CCN(Cc2cccc3ccccc23)CC1)c1cccs1. The zero-order valence-corrected chi connectivity index (χ0v) is 17.1. The van der Waals surface area contributed by atoms with E-state index in [0.717, 1.165) is 32.7 Å². The number of nitrogens with one attached hydrogen (secondary N) is 1. The molecule has 1 aliphatic rings. The molecule has 1 atom stereocenters. The molecule has 1 amide bonds. The molecule has 146 valence electrons. The smallest absolute Gasteiger partial charge is 0.234 e. The zero-order chi connectivity index (χ0) is 19.3. The van der Waals surface area contributed by atoms with E-state index in [0.29, 0.717) is 6.54 Å². The fourth-order valence-corrected chi connectivity index (χ4v) is 4.61. The summed E-state index contributed by atoms with van der Waals surface area (Å²) in [5, 5.41) is 7.81. The third-order valence-electron chi connectivity index (χ3n) is 5.45. The van der Waals surface area contributed by atoms with Crippen LogP contribution in [0, 0.1) is 0 Å². The van der Waals surface area contributed by atoms with E-state index < -0.39 is 0 Å². The lowest BCUT2D eigenvalue weighted by Crippen LogP contribution is -2.49. The first kappa shape index (κ1) is 19.1. The Balaban J connectivity index is 1.27. The lowest BCUT2D eigenvalue weighted by Gasteiger charge is -2.34. The van der Waals surface area contributed by atoms with E-state index in [-0.39, 0.29) is 11.9 Å². The van der Waals surface area contributed by atoms with Crippen molar-refractivity contribution in [2.45, 2.75) is 19.5 Å². The summed E-state index contributed by atoms with van der Waals surface area (Å²) in [4.78, 5) is 18.3. The highest BCUT2D eigenvalue weighted by Crippen LogP contribution is 2.21. The molecule has 1 N–H and O–H groups in total. The van der Waals surface area contributed by atoms with E-state index in [1.807, 2.05) is 18.4 Å². The van der Waals surface area contributed by atoms with Crippen molar-refractivity contribution in [3.63, 3.8) is 0 Å². The second kappa shape index (κ2) is 8.86. The largest absolute Gasteiger partial charge is 0.348 e. The summed E-state index contributed by atoms with van der Waals surface area (Å²) in [5.74, 6) is 0.114. The van der Waals surface area contributed by atoms with Gasteiger partial charge in [-0.3, -0.25) is 14.6 Å². The van der Waals surface area contributed by atoms with Crippen molar-refractivity contribution in [2.75, 3.05) is 32.7 Å². The average molecular weight is 394 g/mol. The van der Waals surface area contributed by atoms with E-state index in [2.05, 4.69) is 63.6 Å². The van der Waals surface area contributed by atoms with Gasteiger partial charge in [-0.25, -0.2) is 0 Å². The van der Waals surface area contributed by atoms with Crippen molar-refractivity contribution >= 4 is 28.0 Å². The highest BCUT2D eigenvalue weighted by Gasteiger charge is 2.20. The fourth-order valence-electron chi connectivity index (χ4n) is 3.88. The summed E-state index contributed by atoms with van der Waals surface area (Å²) in [7, 11) is 0. The summed E-state index contributed by atoms with van der Waals surface area (Å²) in [5.41, 5.74) is 1.38. The van der Waals surface area contributed by atoms with Crippen LogP contribution in [0.5, 0.6) is 0 Å². The van der Waals surface area contributed by atoms with Crippen molar-refractivity contribution < 1.29 is 4.79 Å². The summed E-state index contributed by atoms with van der Waals surface area (Å²) in [6, 6.07) is 19.3. The van der Waals surface area contributed by atoms with Gasteiger partial charge < -0.3 is 5.32 Å². The molecule has 2 aromatic carbocycles. The molecule has 1 fully saturated rings. The van der Waals surface area contributed by atoms with Crippen molar-refractivity contribution in [1.29, 1.82) is 0 Å². The Morgan fingerprint density at radius 1 is 1.00 bits per heavy atom. The molecule has 1 aliphatic heterocycles. The third-order valence-corrected chi connectivity index (χ3v) is 6.51. The van der Waals surface area contributed by atoms with Gasteiger partial charge >= 0.3 is 0 Å². The number of carbonyl (C=O) groups excluding carboxylic acids is 1. The summed E-state index contributed by atoms with van der Waals surface area (Å²) < 4.78 is 0. The maximum Gasteiger partial charge on any atom is 0.234 e. The minimum absolute atomic E-state index is 0.0835. The number of carbonyl (C=O) groups is 1. The lowest BCUT2D eigenvalue weighted by molar-refractivity contribution is -0.123. The molecule has 2 heterocycles. The number of amides is 1. The first-order chi connectivity index (χ1) is 13.7. The molecule has 28 heavy (non-hydrogen) atoms. The van der Waals surface area contributed by atoms with Gasteiger partial charge in [0.2, 0.25) is 5.91 Å². The van der Waals surface area contributed by atoms with E-state index in [4.69, 9.17) is 0 Å². The average Bonchev–Trinajstić information content (AvgIpc) is 3.25. The van der Waals surface area contributed by atoms with Gasteiger partial charge in [-0.15, -0.1) is 11.3 Å². The predicted molar refractivity (Wildman–Crippen MR) is 117 cm³/mol. The fraction of sp³-hybridized carbons (Fsp3) is 0.348. The normalized spacial score (nSPS) is 16.9. The molecule has 1 unspecified atom stereocenters. The summed E-state index contributed by atoms with van der Waals surface area (Å²) in [6.45, 7) is 7.37. The number of benzene rings is 2. The second-order valence-corrected chi connectivity index (χ2v) is 8.47. The van der Waals surface area contributed by atoms with Gasteiger partial charge in [0.25, 0.3) is 0 Å². The number of hydrogen-bond donors (Lipinski definition) is 1. The van der Waals surface area contributed by atoms with Gasteiger partial charge in [0, 0.05) is 37.6 Å². The van der Waals surface area contributed by atoms with Gasteiger partial charge in [-0.2, -0.15) is 0 Å². The van der Waals surface area contributed by atoms with Gasteiger partial charge in [-0.05, 0) is 34.7 Å². The van der Waals surface area contributed by atoms with Crippen molar-refractivity contribution in [3.8, 4) is 0 Å². The number of rotatable bonds is 6. The van der Waals surface area contributed by atoms with E-state index in [9.17, 15) is 4.79 Å². The van der Waals surface area contributed by atoms with Crippen LogP contribution in [0.15, 0.2) is 60.0 Å². The Bertz CT molecular complexity index is 911. The van der Waals surface area contributed by atoms with Crippen LogP contribution in [0.2, 0.25) is 0 Å². The zero-order valence-electron chi connectivity index (χ0n) is 16.3. The third kappa shape index (κ3) is 4.61. The molecule has 5 heteroatoms. The summed E-state index contributed by atoms with van der Waals surface area (Å²) in [6.07, 6.45) is 0. The molecule has 4 nitrogen and oxygen atoms in total. The van der Waals surface area contributed by atoms with E-state index in [1.54, 1.807) is 11.3 Å². The topological polar surface area (TPSA) is 35.6 Å². The number of hydrogen-bond acceptors (Lipinski definition) is 4. The minimum atomic E-state index is 0.0835. The standard InChI is InChI=1S/C23H27N3OS/c1-18(22-10-5-15-28-22)24-23(27)17-26-13-11-25(12-14-26)16-20-8-4-7-19-6-2-3-9-21(19)20/h2-10,15,18H,11-14,16-17H2,1H3,(H,24,27). The molecule has 0 saturated carbocycles. The lowest BCUT2D eigenvalue weighted by atomic mass is 10.0. The first-order valence-electron chi connectivity index (χ1n) is 9.93. The number of nitrogens with zero attached hydrogens (tertiary/aromatic N) is 2. The molecule has 4 rings (SSSR count). The molecular weight excluding hydrogens is 366 g/mol. The number of thiophene rings is 1. The highest BCUT2D eigenvalue weighted by molar-refractivity contribution is 7.10. The highest BCUT2D eigenvalue weighted by atomic mass is 32.1. The van der Waals surface area contributed by atoms with E-state index in [1.165, 1.54) is 21.2 Å². The molecule has 0 bridgehead atoms. The molecule has 0 spiro atoms. The van der Waals surface area contributed by atoms with Crippen LogP contribution in [-0.4, -0.2) is 48.4 Å². The van der Waals surface area contributed by atoms with Crippen LogP contribution in [-0.2, 0) is 11.3 Å². The summed E-state index contributed by atoms with van der Waals surface area (Å²) >= 11 is 1.69. The van der Waals surface area contributed by atoms with Crippen LogP contribution < -0.4 is 5.32 Å². The second-order valence-electron chi connectivity index (χ2n) is 7.50. The van der Waals surface area contributed by atoms with Gasteiger partial charge in [0.15, 0.2) is 0 Å². The van der Waals surface area contributed by atoms with Crippen LogP contribution in [0.4, 0.5) is 0 Å². The number of piperazine rings is 1. The van der Waals surface area contributed by atoms with Crippen LogP contribution in [0.25, 0.3) is 10.8 Å². The molecule has 0 aliphatic carbocycles. The van der Waals surface area contributed by atoms with Crippen LogP contribution in [0.3, 0.4) is 0 Å². The van der Waals surface area contributed by atoms with E-state index >= 15 is 0 Å². The molecule has 1 saturated heterocycles. The Hall–Kier alpha value is -2.21. The molecular formula is C23H27N3OS. The Kier molecular flexibility index (Phi) is 6.05. The minimum Gasteiger partial charge on any atom is -0.348 e. The Morgan fingerprint density at radius 3 is 2.54 bits per heavy atom. The van der Waals surface area contributed by atoms with Crippen molar-refractivity contribution in [2.24, 2.45) is 0 Å². The van der Waals surface area contributed by atoms with Crippen LogP contribution >= 0.6 is 11.3 Å². The monoisotopic (exact) mass is 393 g/mol. The Morgan fingerprint density at radius 2 is 1.75 bits per heavy atom. The van der Waals surface area contributed by atoms with Gasteiger partial charge in [-0.1, -0.05) is 48.5 Å². The molecule has 3 aromatic rings. The van der Waals surface area contributed by atoms with Gasteiger partial charge in [0.1, 0.15) is 0 Å². The Labute approximate surface area is 170 Å². The molecule has 1 aromatic heterocycles. The first-order valence-corrected chi connectivity index (χ1v) is 10.8. The predicted octanol–water partition coefficient (Wildman–Crippen LogP) is 3.90.